The van der Waals surface area contributed by atoms with Crippen LogP contribution in [-0.4, -0.2) is 22.4 Å². The lowest BCUT2D eigenvalue weighted by molar-refractivity contribution is -0.283. The van der Waals surface area contributed by atoms with Crippen LogP contribution in [0.15, 0.2) is 12.7 Å². The van der Waals surface area contributed by atoms with E-state index in [0.717, 1.165) is 6.42 Å². The van der Waals surface area contributed by atoms with Crippen LogP contribution in [0.5, 0.6) is 0 Å². The smallest absolute Gasteiger partial charge is 0.0864 e. The van der Waals surface area contributed by atoms with Gasteiger partial charge in [0.2, 0.25) is 0 Å². The third-order valence-corrected chi connectivity index (χ3v) is 7.47. The van der Waals surface area contributed by atoms with Gasteiger partial charge in [-0.25, -0.2) is 0 Å². The third kappa shape index (κ3) is 2.21. The summed E-state index contributed by atoms with van der Waals surface area (Å²) in [4.78, 5) is 0. The second kappa shape index (κ2) is 4.83. The minimum absolute atomic E-state index is 0.191. The average molecular weight is 306 g/mol. The Labute approximate surface area is 136 Å². The maximum absolute atomic E-state index is 11.1. The van der Waals surface area contributed by atoms with E-state index in [4.69, 9.17) is 4.74 Å². The van der Waals surface area contributed by atoms with Gasteiger partial charge >= 0.3 is 0 Å². The summed E-state index contributed by atoms with van der Waals surface area (Å²) in [7, 11) is 0. The number of fused-ring (bicyclic) bond motifs is 3. The van der Waals surface area contributed by atoms with E-state index in [2.05, 4.69) is 41.2 Å². The van der Waals surface area contributed by atoms with Crippen LogP contribution in [-0.2, 0) is 4.74 Å². The molecule has 2 heteroatoms. The zero-order chi connectivity index (χ0) is 16.4. The van der Waals surface area contributed by atoms with Gasteiger partial charge in [-0.05, 0) is 56.3 Å². The van der Waals surface area contributed by atoms with Crippen molar-refractivity contribution in [3.63, 3.8) is 0 Å². The number of hydrogen-bond acceptors (Lipinski definition) is 2. The Hall–Kier alpha value is -0.340. The van der Waals surface area contributed by atoms with Gasteiger partial charge < -0.3 is 9.84 Å². The second-order valence-corrected chi connectivity index (χ2v) is 9.62. The molecule has 2 nitrogen and oxygen atoms in total. The Kier molecular flexibility index (Phi) is 3.63. The van der Waals surface area contributed by atoms with Gasteiger partial charge in [0, 0.05) is 12.3 Å². The van der Waals surface area contributed by atoms with E-state index in [0.29, 0.717) is 17.8 Å². The fraction of sp³-hybridized carbons (Fsp3) is 0.900. The van der Waals surface area contributed by atoms with E-state index in [1.54, 1.807) is 0 Å². The highest BCUT2D eigenvalue weighted by atomic mass is 16.5. The predicted octanol–water partition coefficient (Wildman–Crippen LogP) is 4.71. The topological polar surface area (TPSA) is 29.5 Å². The first-order valence-corrected chi connectivity index (χ1v) is 9.08. The monoisotopic (exact) mass is 306 g/mol. The van der Waals surface area contributed by atoms with E-state index < -0.39 is 5.60 Å². The molecule has 126 valence electrons. The second-order valence-electron chi connectivity index (χ2n) is 9.62. The minimum Gasteiger partial charge on any atom is -0.393 e. The van der Waals surface area contributed by atoms with Crippen molar-refractivity contribution in [3.8, 4) is 0 Å². The molecule has 2 saturated carbocycles. The van der Waals surface area contributed by atoms with Crippen molar-refractivity contribution < 1.29 is 9.84 Å². The first kappa shape index (κ1) is 16.5. The van der Waals surface area contributed by atoms with Gasteiger partial charge in [0.05, 0.1) is 17.3 Å². The number of ether oxygens (including phenoxy) is 1. The molecule has 22 heavy (non-hydrogen) atoms. The standard InChI is InChI=1S/C20H34O2/c1-7-18(4)13-14(21)16-19(5)11-8-10-17(2,3)15(19)9-12-20(16,6)22-18/h7,14-16,21H,1,8-13H2,2-6H3. The molecule has 6 atom stereocenters. The fourth-order valence-electron chi connectivity index (χ4n) is 6.74. The highest BCUT2D eigenvalue weighted by Gasteiger charge is 2.63. The lowest BCUT2D eigenvalue weighted by atomic mass is 9.44. The molecule has 0 bridgehead atoms. The summed E-state index contributed by atoms with van der Waals surface area (Å²) in [6.07, 6.45) is 8.38. The molecule has 1 heterocycles. The number of hydrogen-bond donors (Lipinski definition) is 1. The molecule has 3 fully saturated rings. The number of rotatable bonds is 1. The first-order valence-electron chi connectivity index (χ1n) is 9.08. The van der Waals surface area contributed by atoms with Gasteiger partial charge in [-0.15, -0.1) is 6.58 Å². The van der Waals surface area contributed by atoms with E-state index in [9.17, 15) is 5.11 Å². The van der Waals surface area contributed by atoms with Crippen molar-refractivity contribution >= 4 is 0 Å². The SMILES string of the molecule is C=CC1(C)CC(O)C2C(C)(CCC3C(C)(C)CCCC32C)O1. The van der Waals surface area contributed by atoms with Gasteiger partial charge in [-0.3, -0.25) is 0 Å². The summed E-state index contributed by atoms with van der Waals surface area (Å²) < 4.78 is 6.59. The summed E-state index contributed by atoms with van der Waals surface area (Å²) in [6, 6.07) is 0. The van der Waals surface area contributed by atoms with E-state index in [-0.39, 0.29) is 23.0 Å². The Morgan fingerprint density at radius 3 is 2.41 bits per heavy atom. The Morgan fingerprint density at radius 1 is 1.09 bits per heavy atom. The van der Waals surface area contributed by atoms with Crippen LogP contribution >= 0.6 is 0 Å². The summed E-state index contributed by atoms with van der Waals surface area (Å²) in [5, 5.41) is 11.1. The molecular formula is C20H34O2. The Morgan fingerprint density at radius 2 is 1.77 bits per heavy atom. The van der Waals surface area contributed by atoms with Gasteiger partial charge in [0.1, 0.15) is 0 Å². The van der Waals surface area contributed by atoms with Crippen LogP contribution in [0.4, 0.5) is 0 Å². The summed E-state index contributed by atoms with van der Waals surface area (Å²) >= 11 is 0. The maximum Gasteiger partial charge on any atom is 0.0864 e. The van der Waals surface area contributed by atoms with E-state index in [1.165, 1.54) is 25.7 Å². The van der Waals surface area contributed by atoms with Crippen molar-refractivity contribution in [1.29, 1.82) is 0 Å². The lowest BCUT2D eigenvalue weighted by Crippen LogP contribution is -2.66. The van der Waals surface area contributed by atoms with Gasteiger partial charge in [0.25, 0.3) is 0 Å². The van der Waals surface area contributed by atoms with Crippen LogP contribution < -0.4 is 0 Å². The maximum atomic E-state index is 11.1. The fourth-order valence-corrected chi connectivity index (χ4v) is 6.74. The Balaban J connectivity index is 2.01. The van der Waals surface area contributed by atoms with E-state index in [1.807, 2.05) is 6.08 Å². The molecule has 0 spiro atoms. The average Bonchev–Trinajstić information content (AvgIpc) is 2.35. The number of aliphatic hydroxyl groups excluding tert-OH is 1. The van der Waals surface area contributed by atoms with E-state index >= 15 is 0 Å². The van der Waals surface area contributed by atoms with Crippen LogP contribution in [0.3, 0.4) is 0 Å². The first-order chi connectivity index (χ1) is 10.1. The van der Waals surface area contributed by atoms with Crippen molar-refractivity contribution in [1.82, 2.24) is 0 Å². The molecule has 0 amide bonds. The zero-order valence-electron chi connectivity index (χ0n) is 15.1. The summed E-state index contributed by atoms with van der Waals surface area (Å²) in [5.41, 5.74) is -0.0404. The predicted molar refractivity (Wildman–Crippen MR) is 90.7 cm³/mol. The van der Waals surface area contributed by atoms with Gasteiger partial charge in [-0.1, -0.05) is 33.3 Å². The normalized spacial score (nSPS) is 54.2. The van der Waals surface area contributed by atoms with Crippen LogP contribution in [0, 0.1) is 22.7 Å². The van der Waals surface area contributed by atoms with Gasteiger partial charge in [-0.2, -0.15) is 0 Å². The van der Waals surface area contributed by atoms with Crippen LogP contribution in [0.2, 0.25) is 0 Å². The largest absolute Gasteiger partial charge is 0.393 e. The van der Waals surface area contributed by atoms with Gasteiger partial charge in [0.15, 0.2) is 0 Å². The quantitative estimate of drug-likeness (QED) is 0.711. The van der Waals surface area contributed by atoms with Crippen molar-refractivity contribution in [2.45, 2.75) is 90.4 Å². The van der Waals surface area contributed by atoms with Crippen molar-refractivity contribution in [2.75, 3.05) is 0 Å². The molecule has 2 aliphatic carbocycles. The highest BCUT2D eigenvalue weighted by molar-refractivity contribution is 5.15. The highest BCUT2D eigenvalue weighted by Crippen LogP contribution is 2.65. The van der Waals surface area contributed by atoms with Crippen LogP contribution in [0.25, 0.3) is 0 Å². The molecule has 1 N–H and O–H groups in total. The molecule has 0 aromatic heterocycles. The van der Waals surface area contributed by atoms with Crippen LogP contribution in [0.1, 0.15) is 73.1 Å². The molecule has 3 aliphatic rings. The number of aliphatic hydroxyl groups is 1. The Bertz CT molecular complexity index is 470. The minimum atomic E-state index is -0.391. The third-order valence-electron chi connectivity index (χ3n) is 7.47. The molecule has 0 aromatic carbocycles. The molecule has 1 aliphatic heterocycles. The molecule has 6 unspecified atom stereocenters. The lowest BCUT2D eigenvalue weighted by Gasteiger charge is -2.66. The molecule has 3 rings (SSSR count). The van der Waals surface area contributed by atoms with Crippen molar-refractivity contribution in [3.05, 3.63) is 12.7 Å². The molecule has 0 radical (unpaired) electrons. The zero-order valence-corrected chi connectivity index (χ0v) is 15.1. The summed E-state index contributed by atoms with van der Waals surface area (Å²) in [5.74, 6) is 0.935. The summed E-state index contributed by atoms with van der Waals surface area (Å²) in [6.45, 7) is 15.6. The van der Waals surface area contributed by atoms with Crippen molar-refractivity contribution in [2.24, 2.45) is 22.7 Å². The molecular weight excluding hydrogens is 272 g/mol. The molecule has 0 aromatic rings. The molecule has 1 saturated heterocycles.